The molecular formula is C48H33NO. The van der Waals surface area contributed by atoms with E-state index >= 15 is 0 Å². The highest BCUT2D eigenvalue weighted by Gasteiger charge is 2.18. The van der Waals surface area contributed by atoms with Gasteiger partial charge in [-0.05, 0) is 87.1 Å². The molecule has 8 aromatic carbocycles. The van der Waals surface area contributed by atoms with E-state index in [1.54, 1.807) is 0 Å². The Balaban J connectivity index is 1.02. The number of benzene rings is 8. The van der Waals surface area contributed by atoms with Crippen molar-refractivity contribution in [1.29, 1.82) is 0 Å². The summed E-state index contributed by atoms with van der Waals surface area (Å²) in [6, 6.07) is 70.9. The van der Waals surface area contributed by atoms with Gasteiger partial charge in [-0.1, -0.05) is 152 Å². The van der Waals surface area contributed by atoms with Crippen molar-refractivity contribution < 1.29 is 4.42 Å². The molecule has 0 radical (unpaired) electrons. The zero-order valence-electron chi connectivity index (χ0n) is 27.4. The molecule has 9 aromatic rings. The minimum atomic E-state index is 0.893. The van der Waals surface area contributed by atoms with Crippen LogP contribution in [-0.4, -0.2) is 0 Å². The van der Waals surface area contributed by atoms with Crippen LogP contribution in [0, 0.1) is 0 Å². The maximum Gasteiger partial charge on any atom is 0.143 e. The predicted octanol–water partition coefficient (Wildman–Crippen LogP) is 13.7. The van der Waals surface area contributed by atoms with Crippen molar-refractivity contribution in [1.82, 2.24) is 0 Å². The molecule has 0 N–H and O–H groups in total. The molecule has 2 nitrogen and oxygen atoms in total. The fraction of sp³-hybridized carbons (Fsp3) is 0. The highest BCUT2D eigenvalue weighted by molar-refractivity contribution is 6.02. The molecule has 0 amide bonds. The van der Waals surface area contributed by atoms with E-state index in [4.69, 9.17) is 4.42 Å². The number of fused-ring (bicyclic) bond motifs is 2. The summed E-state index contributed by atoms with van der Waals surface area (Å²) >= 11 is 0. The van der Waals surface area contributed by atoms with Crippen LogP contribution in [0.25, 0.3) is 66.4 Å². The second kappa shape index (κ2) is 12.8. The molecule has 0 unspecified atom stereocenters. The number of nitrogens with zero attached hydrogens (tertiary/aromatic N) is 1. The van der Waals surface area contributed by atoms with Gasteiger partial charge in [-0.3, -0.25) is 0 Å². The summed E-state index contributed by atoms with van der Waals surface area (Å²) in [6.45, 7) is 0. The number of anilines is 3. The van der Waals surface area contributed by atoms with Crippen molar-refractivity contribution >= 4 is 38.8 Å². The van der Waals surface area contributed by atoms with Crippen molar-refractivity contribution in [2.45, 2.75) is 0 Å². The Morgan fingerprint density at radius 1 is 0.320 bits per heavy atom. The van der Waals surface area contributed by atoms with E-state index in [1.807, 2.05) is 12.1 Å². The Morgan fingerprint density at radius 3 is 1.62 bits per heavy atom. The van der Waals surface area contributed by atoms with Gasteiger partial charge < -0.3 is 9.32 Å². The topological polar surface area (TPSA) is 16.4 Å². The average molecular weight is 640 g/mol. The molecule has 236 valence electrons. The van der Waals surface area contributed by atoms with Crippen LogP contribution >= 0.6 is 0 Å². The quantitative estimate of drug-likeness (QED) is 0.173. The lowest BCUT2D eigenvalue weighted by Gasteiger charge is -2.26. The first-order valence-corrected chi connectivity index (χ1v) is 17.0. The fourth-order valence-electron chi connectivity index (χ4n) is 6.98. The first-order chi connectivity index (χ1) is 24.8. The van der Waals surface area contributed by atoms with Gasteiger partial charge >= 0.3 is 0 Å². The summed E-state index contributed by atoms with van der Waals surface area (Å²) in [5.74, 6) is 0.893. The molecule has 0 saturated heterocycles. The summed E-state index contributed by atoms with van der Waals surface area (Å²) in [5, 5.41) is 3.59. The largest absolute Gasteiger partial charge is 0.455 e. The third-order valence-corrected chi connectivity index (χ3v) is 9.47. The van der Waals surface area contributed by atoms with Crippen molar-refractivity contribution in [3.63, 3.8) is 0 Å². The van der Waals surface area contributed by atoms with Crippen molar-refractivity contribution in [3.8, 4) is 44.7 Å². The molecule has 0 saturated carbocycles. The van der Waals surface area contributed by atoms with Gasteiger partial charge in [0.15, 0.2) is 0 Å². The van der Waals surface area contributed by atoms with Crippen LogP contribution in [-0.2, 0) is 0 Å². The van der Waals surface area contributed by atoms with E-state index in [0.717, 1.165) is 61.6 Å². The maximum absolute atomic E-state index is 6.51. The lowest BCUT2D eigenvalue weighted by atomic mass is 9.95. The van der Waals surface area contributed by atoms with Gasteiger partial charge in [0.05, 0.1) is 0 Å². The Hall–Kier alpha value is -6.64. The standard InChI is InChI=1S/C48H33NO/c1-3-13-38(14-4-1)47-45-20-9-10-21-46(45)50-48(47)41-17-11-16-39(32-41)37-24-22-35(23-25-37)36-26-29-43(30-27-36)49(42-18-5-2-6-19-42)44-31-28-34-12-7-8-15-40(34)33-44/h1-33H. The smallest absolute Gasteiger partial charge is 0.143 e. The zero-order valence-corrected chi connectivity index (χ0v) is 27.4. The molecule has 50 heavy (non-hydrogen) atoms. The normalized spacial score (nSPS) is 11.2. The van der Waals surface area contributed by atoms with Crippen LogP contribution in [0.4, 0.5) is 17.1 Å². The molecule has 1 heterocycles. The second-order valence-corrected chi connectivity index (χ2v) is 12.6. The van der Waals surface area contributed by atoms with Gasteiger partial charge in [0, 0.05) is 33.6 Å². The summed E-state index contributed by atoms with van der Waals surface area (Å²) in [6.07, 6.45) is 0. The Labute approximate surface area is 292 Å². The highest BCUT2D eigenvalue weighted by atomic mass is 16.3. The number of hydrogen-bond donors (Lipinski definition) is 0. The van der Waals surface area contributed by atoms with Crippen molar-refractivity contribution in [2.75, 3.05) is 4.90 Å². The summed E-state index contributed by atoms with van der Waals surface area (Å²) < 4.78 is 6.51. The number of hydrogen-bond acceptors (Lipinski definition) is 2. The van der Waals surface area contributed by atoms with Crippen LogP contribution in [0.2, 0.25) is 0 Å². The van der Waals surface area contributed by atoms with E-state index in [2.05, 4.69) is 193 Å². The van der Waals surface area contributed by atoms with Gasteiger partial charge in [-0.25, -0.2) is 0 Å². The van der Waals surface area contributed by atoms with Gasteiger partial charge in [0.2, 0.25) is 0 Å². The van der Waals surface area contributed by atoms with Crippen LogP contribution in [0.3, 0.4) is 0 Å². The third-order valence-electron chi connectivity index (χ3n) is 9.47. The molecule has 1 aromatic heterocycles. The zero-order chi connectivity index (χ0) is 33.3. The van der Waals surface area contributed by atoms with E-state index in [1.165, 1.54) is 21.9 Å². The first-order valence-electron chi connectivity index (χ1n) is 17.0. The SMILES string of the molecule is c1ccc(-c2c(-c3cccc(-c4ccc(-c5ccc(N(c6ccccc6)c6ccc7ccccc7c6)cc5)cc4)c3)oc3ccccc23)cc1. The van der Waals surface area contributed by atoms with E-state index in [0.29, 0.717) is 0 Å². The van der Waals surface area contributed by atoms with Crippen LogP contribution in [0.1, 0.15) is 0 Å². The molecule has 0 aliphatic rings. The monoisotopic (exact) mass is 639 g/mol. The van der Waals surface area contributed by atoms with Gasteiger partial charge in [-0.2, -0.15) is 0 Å². The average Bonchev–Trinajstić information content (AvgIpc) is 3.59. The fourth-order valence-corrected chi connectivity index (χ4v) is 6.98. The lowest BCUT2D eigenvalue weighted by Crippen LogP contribution is -2.09. The van der Waals surface area contributed by atoms with Crippen LogP contribution in [0.15, 0.2) is 205 Å². The van der Waals surface area contributed by atoms with E-state index < -0.39 is 0 Å². The molecule has 2 heteroatoms. The molecule has 9 rings (SSSR count). The second-order valence-electron chi connectivity index (χ2n) is 12.6. The number of furan rings is 1. The molecule has 0 fully saturated rings. The number of para-hydroxylation sites is 2. The Kier molecular flexibility index (Phi) is 7.53. The summed E-state index contributed by atoms with van der Waals surface area (Å²) in [5.41, 5.74) is 12.3. The molecular weight excluding hydrogens is 607 g/mol. The van der Waals surface area contributed by atoms with Gasteiger partial charge in [-0.15, -0.1) is 0 Å². The van der Waals surface area contributed by atoms with E-state index in [-0.39, 0.29) is 0 Å². The molecule has 0 spiro atoms. The molecule has 0 aliphatic heterocycles. The van der Waals surface area contributed by atoms with Crippen molar-refractivity contribution in [3.05, 3.63) is 200 Å². The van der Waals surface area contributed by atoms with Crippen LogP contribution < -0.4 is 4.90 Å². The Bertz CT molecular complexity index is 2570. The molecule has 0 atom stereocenters. The number of rotatable bonds is 7. The highest BCUT2D eigenvalue weighted by Crippen LogP contribution is 2.42. The molecule has 0 aliphatic carbocycles. The predicted molar refractivity (Wildman–Crippen MR) is 210 cm³/mol. The van der Waals surface area contributed by atoms with Crippen LogP contribution in [0.5, 0.6) is 0 Å². The summed E-state index contributed by atoms with van der Waals surface area (Å²) in [7, 11) is 0. The maximum atomic E-state index is 6.51. The van der Waals surface area contributed by atoms with Gasteiger partial charge in [0.1, 0.15) is 11.3 Å². The third kappa shape index (κ3) is 5.53. The minimum absolute atomic E-state index is 0.893. The minimum Gasteiger partial charge on any atom is -0.455 e. The summed E-state index contributed by atoms with van der Waals surface area (Å²) in [4.78, 5) is 2.32. The lowest BCUT2D eigenvalue weighted by molar-refractivity contribution is 0.632. The van der Waals surface area contributed by atoms with Gasteiger partial charge in [0.25, 0.3) is 0 Å². The molecule has 0 bridgehead atoms. The Morgan fingerprint density at radius 2 is 0.860 bits per heavy atom. The van der Waals surface area contributed by atoms with E-state index in [9.17, 15) is 0 Å². The first kappa shape index (κ1) is 29.5. The van der Waals surface area contributed by atoms with Crippen molar-refractivity contribution in [2.24, 2.45) is 0 Å².